The summed E-state index contributed by atoms with van der Waals surface area (Å²) in [5, 5.41) is 0. The van der Waals surface area contributed by atoms with Crippen molar-refractivity contribution < 1.29 is 4.79 Å². The maximum Gasteiger partial charge on any atom is 0.177 e. The van der Waals surface area contributed by atoms with Gasteiger partial charge in [-0.1, -0.05) is 24.3 Å². The van der Waals surface area contributed by atoms with E-state index in [1.165, 1.54) is 5.56 Å². The molecule has 0 amide bonds. The van der Waals surface area contributed by atoms with E-state index in [0.717, 1.165) is 16.7 Å². The first-order valence-corrected chi connectivity index (χ1v) is 4.11. The highest BCUT2D eigenvalue weighted by atomic mass is 16.1. The second kappa shape index (κ2) is 2.91. The van der Waals surface area contributed by atoms with Crippen LogP contribution in [0.1, 0.15) is 16.7 Å². The molecule has 0 aromatic heterocycles. The van der Waals surface area contributed by atoms with Gasteiger partial charge in [-0.2, -0.15) is 0 Å². The van der Waals surface area contributed by atoms with Crippen LogP contribution in [0.5, 0.6) is 0 Å². The molecule has 1 aliphatic rings. The van der Waals surface area contributed by atoms with Gasteiger partial charge in [0.1, 0.15) is 0 Å². The number of fused-ring (bicyclic) bond motifs is 1. The molecule has 1 aromatic carbocycles. The average Bonchev–Trinajstić information content (AvgIpc) is 2.51. The molecule has 1 aromatic rings. The highest BCUT2D eigenvalue weighted by molar-refractivity contribution is 5.92. The zero-order valence-corrected chi connectivity index (χ0v) is 7.29. The molecule has 0 bridgehead atoms. The summed E-state index contributed by atoms with van der Waals surface area (Å²) in [6.45, 7) is 2.03. The summed E-state index contributed by atoms with van der Waals surface area (Å²) >= 11 is 0. The predicted molar refractivity (Wildman–Crippen MR) is 52.8 cm³/mol. The molecular formula is C12H8O. The molecule has 0 spiro atoms. The summed E-state index contributed by atoms with van der Waals surface area (Å²) in [5.41, 5.74) is 6.82. The van der Waals surface area contributed by atoms with E-state index >= 15 is 0 Å². The molecule has 0 aliphatic heterocycles. The minimum atomic E-state index is 0.836. The number of aryl methyl sites for hydroxylation is 1. The van der Waals surface area contributed by atoms with Crippen molar-refractivity contribution in [1.29, 1.82) is 0 Å². The second-order valence-corrected chi connectivity index (χ2v) is 3.01. The highest BCUT2D eigenvalue weighted by Gasteiger charge is 2.11. The van der Waals surface area contributed by atoms with Crippen molar-refractivity contribution in [3.63, 3.8) is 0 Å². The van der Waals surface area contributed by atoms with Crippen LogP contribution in [0.4, 0.5) is 0 Å². The summed E-state index contributed by atoms with van der Waals surface area (Å²) < 4.78 is 0. The Labute approximate surface area is 76.7 Å². The first-order chi connectivity index (χ1) is 6.33. The van der Waals surface area contributed by atoms with Gasteiger partial charge in [0.15, 0.2) is 5.94 Å². The van der Waals surface area contributed by atoms with E-state index in [9.17, 15) is 4.79 Å². The topological polar surface area (TPSA) is 17.1 Å². The average molecular weight is 168 g/mol. The van der Waals surface area contributed by atoms with Gasteiger partial charge in [-0.25, -0.2) is 4.79 Å². The van der Waals surface area contributed by atoms with Crippen LogP contribution < -0.4 is 0 Å². The van der Waals surface area contributed by atoms with Crippen LogP contribution in [0.15, 0.2) is 30.0 Å². The standard InChI is InChI=1S/C12H8O/c1-9-3-2-4-10-5-6-11(7-8-13)12(9)10/h2-6H,1H3. The number of allylic oxidation sites excluding steroid dienone is 2. The Morgan fingerprint density at radius 2 is 2.08 bits per heavy atom. The fourth-order valence-corrected chi connectivity index (χ4v) is 1.61. The van der Waals surface area contributed by atoms with Crippen molar-refractivity contribution in [3.8, 4) is 0 Å². The fraction of sp³-hybridized carbons (Fsp3) is 0.0833. The van der Waals surface area contributed by atoms with Crippen molar-refractivity contribution >= 4 is 17.6 Å². The molecule has 0 N–H and O–H groups in total. The van der Waals surface area contributed by atoms with Crippen LogP contribution in [0.3, 0.4) is 0 Å². The van der Waals surface area contributed by atoms with Gasteiger partial charge in [0, 0.05) is 11.1 Å². The molecule has 0 atom stereocenters. The van der Waals surface area contributed by atoms with Gasteiger partial charge in [-0.05, 0) is 29.9 Å². The molecule has 1 aliphatic carbocycles. The van der Waals surface area contributed by atoms with Crippen LogP contribution in [0.2, 0.25) is 0 Å². The molecule has 13 heavy (non-hydrogen) atoms. The predicted octanol–water partition coefficient (Wildman–Crippen LogP) is 2.39. The molecule has 0 saturated carbocycles. The lowest BCUT2D eigenvalue weighted by atomic mass is 10.0. The lowest BCUT2D eigenvalue weighted by Crippen LogP contribution is -1.84. The quantitative estimate of drug-likeness (QED) is 0.429. The number of hydrogen-bond donors (Lipinski definition) is 0. The van der Waals surface area contributed by atoms with E-state index in [1.54, 1.807) is 5.94 Å². The van der Waals surface area contributed by atoms with Crippen LogP contribution in [-0.4, -0.2) is 5.94 Å². The van der Waals surface area contributed by atoms with Gasteiger partial charge < -0.3 is 0 Å². The van der Waals surface area contributed by atoms with Crippen LogP contribution in [0, 0.1) is 6.92 Å². The normalized spacial score (nSPS) is 12.2. The zero-order valence-electron chi connectivity index (χ0n) is 7.29. The van der Waals surface area contributed by atoms with E-state index in [2.05, 4.69) is 5.73 Å². The fourth-order valence-electron chi connectivity index (χ4n) is 1.61. The van der Waals surface area contributed by atoms with Gasteiger partial charge in [0.05, 0.1) is 0 Å². The van der Waals surface area contributed by atoms with E-state index < -0.39 is 0 Å². The van der Waals surface area contributed by atoms with Crippen molar-refractivity contribution in [3.05, 3.63) is 46.7 Å². The summed E-state index contributed by atoms with van der Waals surface area (Å²) in [6.07, 6.45) is 3.88. The van der Waals surface area contributed by atoms with E-state index in [1.807, 2.05) is 37.3 Å². The molecule has 0 heterocycles. The summed E-state index contributed by atoms with van der Waals surface area (Å²) in [4.78, 5) is 10.2. The monoisotopic (exact) mass is 168 g/mol. The second-order valence-electron chi connectivity index (χ2n) is 3.01. The number of rotatable bonds is 0. The first kappa shape index (κ1) is 7.82. The largest absolute Gasteiger partial charge is 0.224 e. The molecule has 0 unspecified atom stereocenters. The van der Waals surface area contributed by atoms with Gasteiger partial charge in [-0.3, -0.25) is 0 Å². The number of benzene rings is 1. The molecule has 1 heteroatoms. The Balaban J connectivity index is 2.78. The summed E-state index contributed by atoms with van der Waals surface area (Å²) in [7, 11) is 0. The third-order valence-corrected chi connectivity index (χ3v) is 2.19. The lowest BCUT2D eigenvalue weighted by molar-refractivity contribution is 0.569. The van der Waals surface area contributed by atoms with Gasteiger partial charge in [0.2, 0.25) is 0 Å². The van der Waals surface area contributed by atoms with E-state index in [0.29, 0.717) is 0 Å². The first-order valence-electron chi connectivity index (χ1n) is 4.11. The maximum absolute atomic E-state index is 10.2. The molecule has 0 radical (unpaired) electrons. The summed E-state index contributed by atoms with van der Waals surface area (Å²) in [6, 6.07) is 6.06. The number of carbonyl (C=O) groups excluding carboxylic acids is 1. The Hall–Kier alpha value is -1.81. The molecular weight excluding hydrogens is 160 g/mol. The van der Waals surface area contributed by atoms with Crippen molar-refractivity contribution in [2.45, 2.75) is 6.92 Å². The number of hydrogen-bond acceptors (Lipinski definition) is 1. The smallest absolute Gasteiger partial charge is 0.177 e. The van der Waals surface area contributed by atoms with Gasteiger partial charge >= 0.3 is 0 Å². The zero-order chi connectivity index (χ0) is 9.26. The SMILES string of the molecule is Cc1cccc2c1C(=C=C=O)C=C2. The molecule has 0 saturated heterocycles. The maximum atomic E-state index is 10.2. The minimum absolute atomic E-state index is 0.836. The Bertz CT molecular complexity index is 468. The van der Waals surface area contributed by atoms with Crippen LogP contribution in [0.25, 0.3) is 11.6 Å². The van der Waals surface area contributed by atoms with E-state index in [4.69, 9.17) is 0 Å². The Kier molecular flexibility index (Phi) is 1.75. The third kappa shape index (κ3) is 1.17. The van der Waals surface area contributed by atoms with Crippen LogP contribution in [-0.2, 0) is 4.79 Å². The third-order valence-electron chi connectivity index (χ3n) is 2.19. The van der Waals surface area contributed by atoms with Crippen LogP contribution >= 0.6 is 0 Å². The van der Waals surface area contributed by atoms with Crippen molar-refractivity contribution in [2.24, 2.45) is 0 Å². The Morgan fingerprint density at radius 3 is 2.85 bits per heavy atom. The van der Waals surface area contributed by atoms with Crippen molar-refractivity contribution in [1.82, 2.24) is 0 Å². The van der Waals surface area contributed by atoms with Gasteiger partial charge in [0.25, 0.3) is 0 Å². The molecule has 0 fully saturated rings. The highest BCUT2D eigenvalue weighted by Crippen LogP contribution is 2.30. The van der Waals surface area contributed by atoms with Crippen molar-refractivity contribution in [2.75, 3.05) is 0 Å². The molecule has 2 rings (SSSR count). The Morgan fingerprint density at radius 1 is 1.23 bits per heavy atom. The van der Waals surface area contributed by atoms with Gasteiger partial charge in [-0.15, -0.1) is 0 Å². The molecule has 62 valence electrons. The van der Waals surface area contributed by atoms with E-state index in [-0.39, 0.29) is 0 Å². The summed E-state index contributed by atoms with van der Waals surface area (Å²) in [5.74, 6) is 1.69. The minimum Gasteiger partial charge on any atom is -0.224 e. The molecule has 1 nitrogen and oxygen atoms in total. The lowest BCUT2D eigenvalue weighted by Gasteiger charge is -2.02.